The van der Waals surface area contributed by atoms with E-state index in [9.17, 15) is 4.79 Å². The fraction of sp³-hybridized carbons (Fsp3) is 0.929. The van der Waals surface area contributed by atoms with E-state index < -0.39 is 0 Å². The average Bonchev–Trinajstić information content (AvgIpc) is 2.36. The first-order chi connectivity index (χ1) is 7.16. The molecule has 2 aliphatic rings. The van der Waals surface area contributed by atoms with Gasteiger partial charge in [0.2, 0.25) is 0 Å². The molecule has 2 saturated heterocycles. The van der Waals surface area contributed by atoms with Crippen molar-refractivity contribution in [1.29, 1.82) is 0 Å². The molecule has 0 aromatic heterocycles. The molecule has 0 radical (unpaired) electrons. The Bertz CT molecular complexity index is 315. The molecular formula is C14H24O2. The summed E-state index contributed by atoms with van der Waals surface area (Å²) < 4.78 is 6.18. The van der Waals surface area contributed by atoms with E-state index in [0.717, 1.165) is 25.7 Å². The molecule has 0 N–H and O–H groups in total. The van der Waals surface area contributed by atoms with E-state index >= 15 is 0 Å². The van der Waals surface area contributed by atoms with Crippen LogP contribution in [0.1, 0.15) is 60.3 Å². The van der Waals surface area contributed by atoms with Crippen molar-refractivity contribution in [2.24, 2.45) is 11.3 Å². The van der Waals surface area contributed by atoms with Crippen LogP contribution in [-0.4, -0.2) is 17.0 Å². The number of carbonyl (C=O) groups excluding carboxylic acids is 1. The van der Waals surface area contributed by atoms with Crippen molar-refractivity contribution in [3.05, 3.63) is 0 Å². The molecule has 2 nitrogen and oxygen atoms in total. The second kappa shape index (κ2) is 3.32. The number of Topliss-reactive ketones (excluding diaryl/α,β-unsaturated/α-hetero) is 1. The highest BCUT2D eigenvalue weighted by molar-refractivity contribution is 5.87. The molecule has 16 heavy (non-hydrogen) atoms. The van der Waals surface area contributed by atoms with Crippen LogP contribution in [0, 0.1) is 11.3 Å². The molecule has 2 heteroatoms. The van der Waals surface area contributed by atoms with Gasteiger partial charge in [0.1, 0.15) is 5.78 Å². The number of carbonyl (C=O) groups is 1. The summed E-state index contributed by atoms with van der Waals surface area (Å²) in [7, 11) is 0. The molecule has 0 amide bonds. The Morgan fingerprint density at radius 3 is 2.38 bits per heavy atom. The first-order valence-corrected chi connectivity index (χ1v) is 6.41. The highest BCUT2D eigenvalue weighted by atomic mass is 16.5. The van der Waals surface area contributed by atoms with E-state index in [4.69, 9.17) is 4.74 Å². The average molecular weight is 224 g/mol. The van der Waals surface area contributed by atoms with Gasteiger partial charge in [-0.2, -0.15) is 0 Å². The van der Waals surface area contributed by atoms with Crippen molar-refractivity contribution < 1.29 is 9.53 Å². The van der Waals surface area contributed by atoms with Crippen LogP contribution in [0.15, 0.2) is 0 Å². The third kappa shape index (κ3) is 1.81. The predicted octanol–water partition coefficient (Wildman–Crippen LogP) is 3.34. The smallest absolute Gasteiger partial charge is 0.144 e. The van der Waals surface area contributed by atoms with E-state index in [0.29, 0.717) is 5.78 Å². The lowest BCUT2D eigenvalue weighted by atomic mass is 9.72. The van der Waals surface area contributed by atoms with Crippen LogP contribution >= 0.6 is 0 Å². The zero-order valence-electron chi connectivity index (χ0n) is 11.2. The number of hydrogen-bond donors (Lipinski definition) is 0. The van der Waals surface area contributed by atoms with Gasteiger partial charge in [-0.3, -0.25) is 4.79 Å². The molecule has 2 fully saturated rings. The topological polar surface area (TPSA) is 26.3 Å². The summed E-state index contributed by atoms with van der Waals surface area (Å²) in [5.74, 6) is 0.474. The van der Waals surface area contributed by atoms with Crippen LogP contribution in [0.2, 0.25) is 0 Å². The molecule has 2 aliphatic heterocycles. The van der Waals surface area contributed by atoms with Crippen molar-refractivity contribution in [3.8, 4) is 0 Å². The minimum absolute atomic E-state index is 0.0451. The number of fused-ring (bicyclic) bond motifs is 2. The lowest BCUT2D eigenvalue weighted by Gasteiger charge is -2.43. The third-order valence-corrected chi connectivity index (χ3v) is 4.38. The first-order valence-electron chi connectivity index (χ1n) is 6.41. The number of ether oxygens (including phenoxy) is 1. The summed E-state index contributed by atoms with van der Waals surface area (Å²) in [5, 5.41) is 0. The molecule has 92 valence electrons. The molecule has 0 saturated carbocycles. The fourth-order valence-corrected chi connectivity index (χ4v) is 3.29. The largest absolute Gasteiger partial charge is 0.368 e. The van der Waals surface area contributed by atoms with Gasteiger partial charge < -0.3 is 4.74 Å². The van der Waals surface area contributed by atoms with Crippen LogP contribution in [-0.2, 0) is 9.53 Å². The molecule has 2 bridgehead atoms. The van der Waals surface area contributed by atoms with Crippen molar-refractivity contribution >= 4 is 5.78 Å². The van der Waals surface area contributed by atoms with Gasteiger partial charge in [0.15, 0.2) is 0 Å². The minimum Gasteiger partial charge on any atom is -0.368 e. The maximum absolute atomic E-state index is 12.4. The zero-order chi connectivity index (χ0) is 12.2. The molecule has 2 heterocycles. The maximum Gasteiger partial charge on any atom is 0.144 e. The predicted molar refractivity (Wildman–Crippen MR) is 64.3 cm³/mol. The molecule has 0 aromatic rings. The van der Waals surface area contributed by atoms with E-state index in [1.54, 1.807) is 0 Å². The molecule has 0 unspecified atom stereocenters. The second-order valence-electron chi connectivity index (χ2n) is 7.07. The van der Waals surface area contributed by atoms with E-state index in [2.05, 4.69) is 13.8 Å². The van der Waals surface area contributed by atoms with Crippen molar-refractivity contribution in [1.82, 2.24) is 0 Å². The van der Waals surface area contributed by atoms with Gasteiger partial charge >= 0.3 is 0 Å². The monoisotopic (exact) mass is 224 g/mol. The molecule has 2 rings (SSSR count). The van der Waals surface area contributed by atoms with Gasteiger partial charge in [-0.1, -0.05) is 20.8 Å². The lowest BCUT2D eigenvalue weighted by molar-refractivity contribution is -0.170. The van der Waals surface area contributed by atoms with Crippen LogP contribution in [0.5, 0.6) is 0 Å². The van der Waals surface area contributed by atoms with Gasteiger partial charge in [0.25, 0.3) is 0 Å². The Labute approximate surface area is 98.7 Å². The molecular weight excluding hydrogens is 200 g/mol. The van der Waals surface area contributed by atoms with Crippen LogP contribution in [0.4, 0.5) is 0 Å². The van der Waals surface area contributed by atoms with E-state index in [1.807, 2.05) is 20.8 Å². The van der Waals surface area contributed by atoms with Gasteiger partial charge in [-0.25, -0.2) is 0 Å². The Morgan fingerprint density at radius 2 is 1.81 bits per heavy atom. The Kier molecular flexibility index (Phi) is 2.51. The number of hydrogen-bond acceptors (Lipinski definition) is 2. The molecule has 0 aromatic carbocycles. The molecule has 3 atom stereocenters. The van der Waals surface area contributed by atoms with Crippen LogP contribution < -0.4 is 0 Å². The summed E-state index contributed by atoms with van der Waals surface area (Å²) in [6.45, 7) is 10.4. The zero-order valence-corrected chi connectivity index (χ0v) is 11.2. The quantitative estimate of drug-likeness (QED) is 0.683. The standard InChI is InChI=1S/C14H24O2/c1-12(2,3)11(15)10-6-7-13(4)8-9-14(10,5)16-13/h10H,6-9H2,1-5H3/t10-,13+,14+/m1/s1. The fourth-order valence-electron chi connectivity index (χ4n) is 3.29. The summed E-state index contributed by atoms with van der Waals surface area (Å²) in [6.07, 6.45) is 4.19. The lowest BCUT2D eigenvalue weighted by Crippen LogP contribution is -2.49. The molecule has 0 aliphatic carbocycles. The first kappa shape index (κ1) is 12.1. The van der Waals surface area contributed by atoms with Gasteiger partial charge in [-0.05, 0) is 39.5 Å². The van der Waals surface area contributed by atoms with Crippen molar-refractivity contribution in [2.45, 2.75) is 71.5 Å². The summed E-state index contributed by atoms with van der Waals surface area (Å²) in [6, 6.07) is 0. The maximum atomic E-state index is 12.4. The normalized spacial score (nSPS) is 43.4. The number of rotatable bonds is 1. The summed E-state index contributed by atoms with van der Waals surface area (Å²) >= 11 is 0. The number of ketones is 1. The highest BCUT2D eigenvalue weighted by Gasteiger charge is 2.55. The van der Waals surface area contributed by atoms with E-state index in [-0.39, 0.29) is 22.5 Å². The minimum atomic E-state index is -0.243. The molecule has 0 spiro atoms. The highest BCUT2D eigenvalue weighted by Crippen LogP contribution is 2.52. The Morgan fingerprint density at radius 1 is 1.19 bits per heavy atom. The second-order valence-corrected chi connectivity index (χ2v) is 7.07. The van der Waals surface area contributed by atoms with Gasteiger partial charge in [-0.15, -0.1) is 0 Å². The van der Waals surface area contributed by atoms with Crippen molar-refractivity contribution in [3.63, 3.8) is 0 Å². The Hall–Kier alpha value is -0.370. The van der Waals surface area contributed by atoms with Crippen LogP contribution in [0.25, 0.3) is 0 Å². The SMILES string of the molecule is CC(C)(C)C(=O)[C@H]1CC[C@@]2(C)CC[C@]1(C)O2. The summed E-state index contributed by atoms with van der Waals surface area (Å²) in [4.78, 5) is 12.4. The third-order valence-electron chi connectivity index (χ3n) is 4.38. The Balaban J connectivity index is 2.22. The van der Waals surface area contributed by atoms with Gasteiger partial charge in [0, 0.05) is 11.3 Å². The van der Waals surface area contributed by atoms with E-state index in [1.165, 1.54) is 0 Å². The van der Waals surface area contributed by atoms with Gasteiger partial charge in [0.05, 0.1) is 11.2 Å². The van der Waals surface area contributed by atoms with Crippen molar-refractivity contribution in [2.75, 3.05) is 0 Å². The summed E-state index contributed by atoms with van der Waals surface area (Å²) in [5.41, 5.74) is -0.395. The van der Waals surface area contributed by atoms with Crippen LogP contribution in [0.3, 0.4) is 0 Å².